The fourth-order valence-corrected chi connectivity index (χ4v) is 4.37. The topological polar surface area (TPSA) is 95.5 Å². The molecule has 184 valence electrons. The highest BCUT2D eigenvalue weighted by molar-refractivity contribution is 6.13. The summed E-state index contributed by atoms with van der Waals surface area (Å²) in [5, 5.41) is 17.3. The second-order valence-electron chi connectivity index (χ2n) is 9.17. The van der Waals surface area contributed by atoms with Crippen molar-refractivity contribution in [3.8, 4) is 11.3 Å². The Kier molecular flexibility index (Phi) is 6.13. The largest absolute Gasteiger partial charge is 0.305 e. The average Bonchev–Trinajstić information content (AvgIpc) is 3.53. The van der Waals surface area contributed by atoms with E-state index >= 15 is 0 Å². The molecule has 0 saturated heterocycles. The van der Waals surface area contributed by atoms with Crippen molar-refractivity contribution in [1.82, 2.24) is 34.3 Å². The number of benzene rings is 1. The lowest BCUT2D eigenvalue weighted by Gasteiger charge is -2.09. The third kappa shape index (κ3) is 4.39. The second-order valence-corrected chi connectivity index (χ2v) is 9.17. The van der Waals surface area contributed by atoms with E-state index in [0.717, 1.165) is 40.9 Å². The summed E-state index contributed by atoms with van der Waals surface area (Å²) < 4.78 is 5.50. The van der Waals surface area contributed by atoms with E-state index in [2.05, 4.69) is 58.7 Å². The van der Waals surface area contributed by atoms with Crippen LogP contribution in [0.25, 0.3) is 22.3 Å². The van der Waals surface area contributed by atoms with Crippen molar-refractivity contribution >= 4 is 22.8 Å². The predicted molar refractivity (Wildman–Crippen MR) is 140 cm³/mol. The van der Waals surface area contributed by atoms with E-state index in [4.69, 9.17) is 4.98 Å². The summed E-state index contributed by atoms with van der Waals surface area (Å²) in [5.41, 5.74) is 6.91. The predicted octanol–water partition coefficient (Wildman–Crippen LogP) is 4.66. The maximum absolute atomic E-state index is 13.6. The SMILES string of the molecule is CCCn1nc(C)c2c(C(=O)Nc3ccn(Cc4ccc(C)cc4)n3)cc(-c3cnn(C)c3C)nc21. The van der Waals surface area contributed by atoms with Gasteiger partial charge in [-0.15, -0.1) is 0 Å². The Morgan fingerprint density at radius 3 is 2.53 bits per heavy atom. The van der Waals surface area contributed by atoms with E-state index in [1.54, 1.807) is 10.9 Å². The highest BCUT2D eigenvalue weighted by atomic mass is 16.1. The van der Waals surface area contributed by atoms with Crippen LogP contribution in [-0.2, 0) is 20.1 Å². The van der Waals surface area contributed by atoms with Gasteiger partial charge in [-0.05, 0) is 38.8 Å². The molecule has 36 heavy (non-hydrogen) atoms. The summed E-state index contributed by atoms with van der Waals surface area (Å²) in [6.07, 6.45) is 4.56. The van der Waals surface area contributed by atoms with Crippen LogP contribution < -0.4 is 5.32 Å². The Morgan fingerprint density at radius 2 is 1.83 bits per heavy atom. The van der Waals surface area contributed by atoms with Gasteiger partial charge in [0, 0.05) is 37.1 Å². The summed E-state index contributed by atoms with van der Waals surface area (Å²) >= 11 is 0. The van der Waals surface area contributed by atoms with Crippen LogP contribution in [0.15, 0.2) is 48.8 Å². The Labute approximate surface area is 209 Å². The number of pyridine rings is 1. The van der Waals surface area contributed by atoms with Gasteiger partial charge in [0.25, 0.3) is 5.91 Å². The summed E-state index contributed by atoms with van der Waals surface area (Å²) in [6.45, 7) is 9.41. The summed E-state index contributed by atoms with van der Waals surface area (Å²) in [6, 6.07) is 12.0. The first-order valence-electron chi connectivity index (χ1n) is 12.1. The second kappa shape index (κ2) is 9.41. The van der Waals surface area contributed by atoms with Crippen LogP contribution >= 0.6 is 0 Å². The highest BCUT2D eigenvalue weighted by Gasteiger charge is 2.22. The Balaban J connectivity index is 1.50. The number of rotatable bonds is 7. The van der Waals surface area contributed by atoms with Crippen molar-refractivity contribution in [2.45, 2.75) is 47.2 Å². The van der Waals surface area contributed by atoms with Crippen molar-refractivity contribution in [3.05, 3.63) is 76.9 Å². The molecule has 1 N–H and O–H groups in total. The number of nitrogens with one attached hydrogen (secondary N) is 1. The zero-order valence-corrected chi connectivity index (χ0v) is 21.3. The van der Waals surface area contributed by atoms with Crippen molar-refractivity contribution in [1.29, 1.82) is 0 Å². The van der Waals surface area contributed by atoms with E-state index in [1.807, 2.05) is 48.6 Å². The van der Waals surface area contributed by atoms with Gasteiger partial charge >= 0.3 is 0 Å². The van der Waals surface area contributed by atoms with Crippen LogP contribution in [0.2, 0.25) is 0 Å². The van der Waals surface area contributed by atoms with Crippen molar-refractivity contribution < 1.29 is 4.79 Å². The molecule has 0 spiro atoms. The summed E-state index contributed by atoms with van der Waals surface area (Å²) in [5.74, 6) is 0.250. The molecule has 4 aromatic heterocycles. The van der Waals surface area contributed by atoms with Gasteiger partial charge in [-0.3, -0.25) is 14.2 Å². The maximum atomic E-state index is 13.6. The molecule has 0 bridgehead atoms. The molecular weight excluding hydrogens is 452 g/mol. The zero-order valence-electron chi connectivity index (χ0n) is 21.3. The van der Waals surface area contributed by atoms with Gasteiger partial charge in [0.05, 0.1) is 35.1 Å². The van der Waals surface area contributed by atoms with Crippen LogP contribution in [0.5, 0.6) is 0 Å². The fraction of sp³-hybridized carbons (Fsp3) is 0.296. The van der Waals surface area contributed by atoms with Gasteiger partial charge in [-0.25, -0.2) is 9.67 Å². The quantitative estimate of drug-likeness (QED) is 0.364. The molecule has 0 aliphatic rings. The standard InChI is InChI=1S/C27H30N8O/c1-6-12-35-26-25(18(3)31-35)21(14-23(29-26)22-15-28-33(5)19(22)4)27(36)30-24-11-13-34(32-24)16-20-9-7-17(2)8-10-20/h7-11,13-15H,6,12,16H2,1-5H3,(H,30,32,36). The molecule has 9 heteroatoms. The monoisotopic (exact) mass is 482 g/mol. The number of aromatic nitrogens is 7. The van der Waals surface area contributed by atoms with Gasteiger partial charge in [-0.2, -0.15) is 15.3 Å². The third-order valence-electron chi connectivity index (χ3n) is 6.42. The van der Waals surface area contributed by atoms with Crippen LogP contribution in [0.3, 0.4) is 0 Å². The molecule has 0 radical (unpaired) electrons. The van der Waals surface area contributed by atoms with Gasteiger partial charge < -0.3 is 5.32 Å². The summed E-state index contributed by atoms with van der Waals surface area (Å²) in [4.78, 5) is 18.5. The Bertz CT molecular complexity index is 1550. The molecule has 0 fully saturated rings. The molecule has 0 atom stereocenters. The van der Waals surface area contributed by atoms with Crippen molar-refractivity contribution in [2.75, 3.05) is 5.32 Å². The van der Waals surface area contributed by atoms with E-state index in [9.17, 15) is 4.79 Å². The molecule has 0 aliphatic carbocycles. The number of hydrogen-bond donors (Lipinski definition) is 1. The van der Waals surface area contributed by atoms with Crippen molar-refractivity contribution in [3.63, 3.8) is 0 Å². The zero-order chi connectivity index (χ0) is 25.4. The molecule has 4 heterocycles. The highest BCUT2D eigenvalue weighted by Crippen LogP contribution is 2.29. The molecule has 5 rings (SSSR count). The van der Waals surface area contributed by atoms with E-state index < -0.39 is 0 Å². The number of carbonyl (C=O) groups is 1. The van der Waals surface area contributed by atoms with E-state index in [0.29, 0.717) is 29.3 Å². The summed E-state index contributed by atoms with van der Waals surface area (Å²) in [7, 11) is 1.89. The number of aryl methyl sites for hydroxylation is 4. The molecule has 0 aliphatic heterocycles. The minimum absolute atomic E-state index is 0.245. The van der Waals surface area contributed by atoms with Crippen LogP contribution in [0.4, 0.5) is 5.82 Å². The lowest BCUT2D eigenvalue weighted by Crippen LogP contribution is -2.14. The molecule has 1 aromatic carbocycles. The fourth-order valence-electron chi connectivity index (χ4n) is 4.37. The maximum Gasteiger partial charge on any atom is 0.257 e. The van der Waals surface area contributed by atoms with Gasteiger partial charge in [0.1, 0.15) is 0 Å². The number of amides is 1. The first kappa shape index (κ1) is 23.5. The molecule has 5 aromatic rings. The first-order valence-corrected chi connectivity index (χ1v) is 12.1. The molecule has 9 nitrogen and oxygen atoms in total. The normalized spacial score (nSPS) is 11.4. The van der Waals surface area contributed by atoms with Crippen molar-refractivity contribution in [2.24, 2.45) is 7.05 Å². The van der Waals surface area contributed by atoms with Gasteiger partial charge in [0.2, 0.25) is 0 Å². The molecule has 0 unspecified atom stereocenters. The number of nitrogens with zero attached hydrogens (tertiary/aromatic N) is 7. The van der Waals surface area contributed by atoms with Crippen LogP contribution in [0.1, 0.15) is 46.2 Å². The Morgan fingerprint density at radius 1 is 1.06 bits per heavy atom. The van der Waals surface area contributed by atoms with Gasteiger partial charge in [-0.1, -0.05) is 36.8 Å². The number of anilines is 1. The first-order chi connectivity index (χ1) is 17.3. The number of hydrogen-bond acceptors (Lipinski definition) is 5. The van der Waals surface area contributed by atoms with E-state index in [1.165, 1.54) is 5.56 Å². The number of fused-ring (bicyclic) bond motifs is 1. The molecule has 1 amide bonds. The van der Waals surface area contributed by atoms with Crippen LogP contribution in [-0.4, -0.2) is 40.2 Å². The third-order valence-corrected chi connectivity index (χ3v) is 6.42. The molecule has 0 saturated carbocycles. The van der Waals surface area contributed by atoms with E-state index in [-0.39, 0.29) is 5.91 Å². The Hall–Kier alpha value is -4.27. The minimum Gasteiger partial charge on any atom is -0.305 e. The molecular formula is C27H30N8O. The average molecular weight is 483 g/mol. The lowest BCUT2D eigenvalue weighted by atomic mass is 10.1. The van der Waals surface area contributed by atoms with Gasteiger partial charge in [0.15, 0.2) is 11.5 Å². The minimum atomic E-state index is -0.245. The smallest absolute Gasteiger partial charge is 0.257 e. The lowest BCUT2D eigenvalue weighted by molar-refractivity contribution is 0.102. The number of carbonyl (C=O) groups excluding carboxylic acids is 1. The van der Waals surface area contributed by atoms with Crippen LogP contribution in [0, 0.1) is 20.8 Å².